The maximum absolute atomic E-state index is 2.33. The summed E-state index contributed by atoms with van der Waals surface area (Å²) in [5.74, 6) is 0. The SMILES string of the molecule is Cc1ccccc1P(C)c1ccccc1.[B]. The molecule has 2 rings (SSSR count). The molecule has 0 N–H and O–H groups in total. The highest BCUT2D eigenvalue weighted by Gasteiger charge is 2.08. The van der Waals surface area contributed by atoms with Crippen molar-refractivity contribution in [3.63, 3.8) is 0 Å². The zero-order valence-electron chi connectivity index (χ0n) is 9.72. The lowest BCUT2D eigenvalue weighted by Crippen LogP contribution is -2.12. The Labute approximate surface area is 101 Å². The van der Waals surface area contributed by atoms with Crippen LogP contribution in [0, 0.1) is 6.92 Å². The van der Waals surface area contributed by atoms with E-state index >= 15 is 0 Å². The number of benzene rings is 2. The van der Waals surface area contributed by atoms with Crippen molar-refractivity contribution in [2.45, 2.75) is 6.92 Å². The Bertz CT molecular complexity index is 439. The van der Waals surface area contributed by atoms with Crippen molar-refractivity contribution in [2.75, 3.05) is 6.66 Å². The minimum absolute atomic E-state index is 0. The van der Waals surface area contributed by atoms with Crippen molar-refractivity contribution in [3.05, 3.63) is 60.2 Å². The maximum Gasteiger partial charge on any atom is 0 e. The molecule has 1 unspecified atom stereocenters. The third-order valence-electron chi connectivity index (χ3n) is 2.62. The first-order valence-corrected chi connectivity index (χ1v) is 6.92. The Hall–Kier alpha value is -1.07. The van der Waals surface area contributed by atoms with Gasteiger partial charge in [-0.1, -0.05) is 54.6 Å². The van der Waals surface area contributed by atoms with Crippen molar-refractivity contribution in [3.8, 4) is 0 Å². The van der Waals surface area contributed by atoms with Crippen LogP contribution in [0.3, 0.4) is 0 Å². The fourth-order valence-electron chi connectivity index (χ4n) is 1.73. The van der Waals surface area contributed by atoms with Gasteiger partial charge in [0.1, 0.15) is 0 Å². The first-order valence-electron chi connectivity index (χ1n) is 5.13. The van der Waals surface area contributed by atoms with Crippen molar-refractivity contribution < 1.29 is 0 Å². The lowest BCUT2D eigenvalue weighted by molar-refractivity contribution is 1.52. The maximum atomic E-state index is 2.33. The van der Waals surface area contributed by atoms with Crippen LogP contribution in [0.4, 0.5) is 0 Å². The van der Waals surface area contributed by atoms with Gasteiger partial charge in [-0.3, -0.25) is 0 Å². The zero-order valence-corrected chi connectivity index (χ0v) is 10.6. The Balaban J connectivity index is 0.00000128. The van der Waals surface area contributed by atoms with E-state index < -0.39 is 0 Å². The summed E-state index contributed by atoms with van der Waals surface area (Å²) in [6.07, 6.45) is 0. The van der Waals surface area contributed by atoms with E-state index in [-0.39, 0.29) is 16.3 Å². The summed E-state index contributed by atoms with van der Waals surface area (Å²) in [6.45, 7) is 4.52. The fourth-order valence-corrected chi connectivity index (χ4v) is 3.54. The molecule has 3 radical (unpaired) electrons. The van der Waals surface area contributed by atoms with Crippen LogP contribution < -0.4 is 10.6 Å². The average molecular weight is 225 g/mol. The van der Waals surface area contributed by atoms with E-state index in [1.165, 1.54) is 16.2 Å². The Morgan fingerprint density at radius 3 is 2.00 bits per heavy atom. The van der Waals surface area contributed by atoms with Gasteiger partial charge in [0.2, 0.25) is 0 Å². The number of hydrogen-bond acceptors (Lipinski definition) is 0. The molecule has 2 heteroatoms. The van der Waals surface area contributed by atoms with Gasteiger partial charge in [-0.05, 0) is 37.7 Å². The number of aryl methyl sites for hydroxylation is 1. The van der Waals surface area contributed by atoms with Crippen LogP contribution in [0.1, 0.15) is 5.56 Å². The van der Waals surface area contributed by atoms with Crippen LogP contribution in [0.5, 0.6) is 0 Å². The molecule has 0 heterocycles. The van der Waals surface area contributed by atoms with Crippen LogP contribution in [0.25, 0.3) is 0 Å². The second kappa shape index (κ2) is 5.87. The van der Waals surface area contributed by atoms with Gasteiger partial charge in [0, 0.05) is 8.41 Å². The van der Waals surface area contributed by atoms with E-state index in [4.69, 9.17) is 0 Å². The minimum atomic E-state index is -0.192. The molecule has 0 bridgehead atoms. The van der Waals surface area contributed by atoms with E-state index in [2.05, 4.69) is 68.2 Å². The molecule has 2 aromatic carbocycles. The molecule has 0 fully saturated rings. The Morgan fingerprint density at radius 1 is 0.812 bits per heavy atom. The standard InChI is InChI=1S/C14H15P.B/c1-12-8-6-7-11-14(12)15(2)13-9-4-3-5-10-13;/h3-11H,1-2H3;. The van der Waals surface area contributed by atoms with Crippen molar-refractivity contribution in [1.82, 2.24) is 0 Å². The van der Waals surface area contributed by atoms with Crippen LogP contribution in [0.15, 0.2) is 54.6 Å². The van der Waals surface area contributed by atoms with Crippen molar-refractivity contribution >= 4 is 26.9 Å². The molecular formula is C14H15BP. The molecule has 1 atom stereocenters. The van der Waals surface area contributed by atoms with Gasteiger partial charge < -0.3 is 0 Å². The van der Waals surface area contributed by atoms with Crippen molar-refractivity contribution in [1.29, 1.82) is 0 Å². The van der Waals surface area contributed by atoms with Gasteiger partial charge in [0.05, 0.1) is 0 Å². The summed E-state index contributed by atoms with van der Waals surface area (Å²) >= 11 is 0. The monoisotopic (exact) mass is 225 g/mol. The molecule has 16 heavy (non-hydrogen) atoms. The largest absolute Gasteiger partial charge is 0.0622 e. The normalized spacial score (nSPS) is 11.6. The van der Waals surface area contributed by atoms with Crippen LogP contribution in [0.2, 0.25) is 0 Å². The molecule has 0 spiro atoms. The molecule has 0 aromatic heterocycles. The van der Waals surface area contributed by atoms with Gasteiger partial charge in [-0.2, -0.15) is 0 Å². The first kappa shape index (κ1) is 13.0. The van der Waals surface area contributed by atoms with Crippen molar-refractivity contribution in [2.24, 2.45) is 0 Å². The smallest absolute Gasteiger partial charge is 0 e. The summed E-state index contributed by atoms with van der Waals surface area (Å²) in [5.41, 5.74) is 1.40. The lowest BCUT2D eigenvalue weighted by Gasteiger charge is -2.15. The number of hydrogen-bond donors (Lipinski definition) is 0. The summed E-state index contributed by atoms with van der Waals surface area (Å²) in [7, 11) is -0.192. The second-order valence-corrected chi connectivity index (χ2v) is 5.80. The minimum Gasteiger partial charge on any atom is -0.0622 e. The van der Waals surface area contributed by atoms with Crippen LogP contribution in [-0.2, 0) is 0 Å². The Kier molecular flexibility index (Phi) is 4.77. The van der Waals surface area contributed by atoms with E-state index in [9.17, 15) is 0 Å². The highest BCUT2D eigenvalue weighted by atomic mass is 31.1. The molecule has 0 amide bonds. The average Bonchev–Trinajstić information content (AvgIpc) is 2.30. The molecule has 2 aromatic rings. The lowest BCUT2D eigenvalue weighted by atomic mass is 10.2. The zero-order chi connectivity index (χ0) is 10.7. The predicted molar refractivity (Wildman–Crippen MR) is 75.5 cm³/mol. The molecule has 0 aliphatic rings. The van der Waals surface area contributed by atoms with E-state index in [1.54, 1.807) is 0 Å². The van der Waals surface area contributed by atoms with Gasteiger partial charge in [-0.25, -0.2) is 0 Å². The predicted octanol–water partition coefficient (Wildman–Crippen LogP) is 2.68. The van der Waals surface area contributed by atoms with Crippen LogP contribution in [-0.4, -0.2) is 15.1 Å². The summed E-state index contributed by atoms with van der Waals surface area (Å²) in [4.78, 5) is 0. The fraction of sp³-hybridized carbons (Fsp3) is 0.143. The van der Waals surface area contributed by atoms with Gasteiger partial charge in [0.15, 0.2) is 0 Å². The molecular weight excluding hydrogens is 210 g/mol. The van der Waals surface area contributed by atoms with Gasteiger partial charge in [0.25, 0.3) is 0 Å². The molecule has 0 saturated heterocycles. The highest BCUT2D eigenvalue weighted by Crippen LogP contribution is 2.29. The van der Waals surface area contributed by atoms with E-state index in [0.29, 0.717) is 0 Å². The third kappa shape index (κ3) is 2.74. The Morgan fingerprint density at radius 2 is 1.38 bits per heavy atom. The van der Waals surface area contributed by atoms with E-state index in [0.717, 1.165) is 0 Å². The summed E-state index contributed by atoms with van der Waals surface area (Å²) in [5, 5.41) is 2.93. The van der Waals surface area contributed by atoms with Gasteiger partial charge in [-0.15, -0.1) is 0 Å². The highest BCUT2D eigenvalue weighted by molar-refractivity contribution is 7.72. The molecule has 0 saturated carbocycles. The summed E-state index contributed by atoms with van der Waals surface area (Å²) in [6, 6.07) is 19.4. The molecule has 0 aliphatic carbocycles. The first-order chi connectivity index (χ1) is 7.29. The van der Waals surface area contributed by atoms with Gasteiger partial charge >= 0.3 is 0 Å². The molecule has 0 aliphatic heterocycles. The summed E-state index contributed by atoms with van der Waals surface area (Å²) < 4.78 is 0. The second-order valence-electron chi connectivity index (χ2n) is 3.68. The quantitative estimate of drug-likeness (QED) is 0.544. The van der Waals surface area contributed by atoms with Crippen LogP contribution >= 0.6 is 7.92 Å². The molecule has 0 nitrogen and oxygen atoms in total. The topological polar surface area (TPSA) is 0 Å². The third-order valence-corrected chi connectivity index (χ3v) is 4.92. The molecule has 79 valence electrons. The van der Waals surface area contributed by atoms with E-state index in [1.807, 2.05) is 0 Å². The number of rotatable bonds is 2.